The van der Waals surface area contributed by atoms with Crippen LogP contribution in [0.5, 0.6) is 0 Å². The number of hydrogen-bond donors (Lipinski definition) is 2. The molecule has 0 bridgehead atoms. The quantitative estimate of drug-likeness (QED) is 0.759. The SMILES string of the molecule is CCC1CN(S(=O)(=O)NCC(C)C)C(CC)CN1. The molecule has 1 rings (SSSR count). The van der Waals surface area contributed by atoms with Crippen LogP contribution in [0.3, 0.4) is 0 Å². The summed E-state index contributed by atoms with van der Waals surface area (Å²) in [7, 11) is -3.34. The normalized spacial score (nSPS) is 26.7. The molecule has 18 heavy (non-hydrogen) atoms. The molecule has 2 atom stereocenters. The molecule has 1 aliphatic rings. The van der Waals surface area contributed by atoms with Crippen molar-refractivity contribution in [2.45, 2.75) is 52.6 Å². The van der Waals surface area contributed by atoms with E-state index in [0.717, 1.165) is 19.4 Å². The molecule has 0 aromatic carbocycles. The van der Waals surface area contributed by atoms with Crippen LogP contribution in [0.15, 0.2) is 0 Å². The predicted molar refractivity (Wildman–Crippen MR) is 74.6 cm³/mol. The fraction of sp³-hybridized carbons (Fsp3) is 1.00. The first-order valence-corrected chi connectivity index (χ1v) is 8.34. The van der Waals surface area contributed by atoms with E-state index >= 15 is 0 Å². The molecule has 0 radical (unpaired) electrons. The number of hydrogen-bond acceptors (Lipinski definition) is 3. The van der Waals surface area contributed by atoms with Gasteiger partial charge in [-0.3, -0.25) is 0 Å². The van der Waals surface area contributed by atoms with E-state index in [1.165, 1.54) is 0 Å². The van der Waals surface area contributed by atoms with Gasteiger partial charge in [0.2, 0.25) is 0 Å². The number of rotatable bonds is 6. The molecule has 1 fully saturated rings. The van der Waals surface area contributed by atoms with Crippen molar-refractivity contribution in [2.24, 2.45) is 5.92 Å². The summed E-state index contributed by atoms with van der Waals surface area (Å²) < 4.78 is 29.0. The zero-order valence-electron chi connectivity index (χ0n) is 11.9. The van der Waals surface area contributed by atoms with Crippen LogP contribution in [0.4, 0.5) is 0 Å². The van der Waals surface area contributed by atoms with Crippen LogP contribution in [-0.2, 0) is 10.2 Å². The third-order valence-corrected chi connectivity index (χ3v) is 4.99. The van der Waals surface area contributed by atoms with Gasteiger partial charge in [0.05, 0.1) is 0 Å². The molecule has 6 heteroatoms. The van der Waals surface area contributed by atoms with Crippen molar-refractivity contribution in [2.75, 3.05) is 19.6 Å². The van der Waals surface area contributed by atoms with E-state index in [9.17, 15) is 8.42 Å². The molecular weight excluding hydrogens is 250 g/mol. The van der Waals surface area contributed by atoms with E-state index in [2.05, 4.69) is 17.0 Å². The molecule has 0 spiro atoms. The lowest BCUT2D eigenvalue weighted by Gasteiger charge is -2.38. The Kier molecular flexibility index (Phi) is 6.04. The Hall–Kier alpha value is -0.170. The third kappa shape index (κ3) is 4.19. The van der Waals surface area contributed by atoms with Crippen LogP contribution in [-0.4, -0.2) is 44.4 Å². The fourth-order valence-corrected chi connectivity index (χ4v) is 3.81. The van der Waals surface area contributed by atoms with Crippen molar-refractivity contribution in [3.8, 4) is 0 Å². The predicted octanol–water partition coefficient (Wildman–Crippen LogP) is 0.939. The molecule has 0 aliphatic carbocycles. The van der Waals surface area contributed by atoms with Crippen molar-refractivity contribution in [3.63, 3.8) is 0 Å². The summed E-state index contributed by atoms with van der Waals surface area (Å²) >= 11 is 0. The highest BCUT2D eigenvalue weighted by molar-refractivity contribution is 7.87. The van der Waals surface area contributed by atoms with Gasteiger partial charge in [0.25, 0.3) is 10.2 Å². The van der Waals surface area contributed by atoms with Gasteiger partial charge < -0.3 is 5.32 Å². The molecule has 1 heterocycles. The lowest BCUT2D eigenvalue weighted by molar-refractivity contribution is 0.213. The maximum Gasteiger partial charge on any atom is 0.279 e. The van der Waals surface area contributed by atoms with Crippen LogP contribution < -0.4 is 10.0 Å². The average Bonchev–Trinajstić information content (AvgIpc) is 2.35. The zero-order valence-corrected chi connectivity index (χ0v) is 12.8. The van der Waals surface area contributed by atoms with E-state index in [1.807, 2.05) is 20.8 Å². The summed E-state index contributed by atoms with van der Waals surface area (Å²) in [5, 5.41) is 3.40. The summed E-state index contributed by atoms with van der Waals surface area (Å²) in [6, 6.07) is 0.334. The van der Waals surface area contributed by atoms with Crippen molar-refractivity contribution in [1.82, 2.24) is 14.3 Å². The van der Waals surface area contributed by atoms with Crippen molar-refractivity contribution >= 4 is 10.2 Å². The number of piperazine rings is 1. The van der Waals surface area contributed by atoms with Crippen LogP contribution in [0.1, 0.15) is 40.5 Å². The summed E-state index contributed by atoms with van der Waals surface area (Å²) in [5.41, 5.74) is 0. The van der Waals surface area contributed by atoms with Gasteiger partial charge in [-0.25, -0.2) is 4.72 Å². The van der Waals surface area contributed by atoms with Gasteiger partial charge in [-0.15, -0.1) is 0 Å². The van der Waals surface area contributed by atoms with E-state index < -0.39 is 10.2 Å². The number of nitrogens with one attached hydrogen (secondary N) is 2. The Labute approximate surface area is 112 Å². The second kappa shape index (κ2) is 6.84. The first kappa shape index (κ1) is 15.9. The lowest BCUT2D eigenvalue weighted by Crippen LogP contribution is -2.60. The highest BCUT2D eigenvalue weighted by Crippen LogP contribution is 2.15. The molecular formula is C12H27N3O2S. The third-order valence-electron chi connectivity index (χ3n) is 3.40. The molecule has 108 valence electrons. The Morgan fingerprint density at radius 1 is 1.33 bits per heavy atom. The summed E-state index contributed by atoms with van der Waals surface area (Å²) in [6.07, 6.45) is 1.79. The maximum atomic E-state index is 12.3. The second-order valence-electron chi connectivity index (χ2n) is 5.39. The van der Waals surface area contributed by atoms with Gasteiger partial charge in [0, 0.05) is 31.7 Å². The standard InChI is InChI=1S/C12H27N3O2S/c1-5-11-9-15(12(6-2)8-13-11)18(16,17)14-7-10(3)4/h10-14H,5-9H2,1-4H3. The largest absolute Gasteiger partial charge is 0.311 e. The van der Waals surface area contributed by atoms with Crippen molar-refractivity contribution in [1.29, 1.82) is 0 Å². The summed E-state index contributed by atoms with van der Waals surface area (Å²) in [6.45, 7) is 9.94. The van der Waals surface area contributed by atoms with E-state index in [1.54, 1.807) is 4.31 Å². The fourth-order valence-electron chi connectivity index (χ4n) is 2.11. The van der Waals surface area contributed by atoms with Crippen molar-refractivity contribution < 1.29 is 8.42 Å². The minimum absolute atomic E-state index is 0.0671. The second-order valence-corrected chi connectivity index (χ2v) is 7.10. The van der Waals surface area contributed by atoms with E-state index in [0.29, 0.717) is 19.0 Å². The first-order valence-electron chi connectivity index (χ1n) is 6.90. The Morgan fingerprint density at radius 2 is 2.00 bits per heavy atom. The van der Waals surface area contributed by atoms with E-state index in [-0.39, 0.29) is 12.1 Å². The summed E-state index contributed by atoms with van der Waals surface area (Å²) in [4.78, 5) is 0. The minimum atomic E-state index is -3.34. The smallest absolute Gasteiger partial charge is 0.279 e. The molecule has 0 aromatic rings. The Balaban J connectivity index is 2.74. The minimum Gasteiger partial charge on any atom is -0.311 e. The van der Waals surface area contributed by atoms with Gasteiger partial charge in [0.15, 0.2) is 0 Å². The Bertz CT molecular complexity index is 343. The van der Waals surface area contributed by atoms with Gasteiger partial charge in [0.1, 0.15) is 0 Å². The molecule has 2 unspecified atom stereocenters. The van der Waals surface area contributed by atoms with E-state index in [4.69, 9.17) is 0 Å². The van der Waals surface area contributed by atoms with Crippen LogP contribution in [0.2, 0.25) is 0 Å². The van der Waals surface area contributed by atoms with Crippen molar-refractivity contribution in [3.05, 3.63) is 0 Å². The van der Waals surface area contributed by atoms with Crippen LogP contribution in [0, 0.1) is 5.92 Å². The zero-order chi connectivity index (χ0) is 13.8. The molecule has 2 N–H and O–H groups in total. The van der Waals surface area contributed by atoms with Gasteiger partial charge >= 0.3 is 0 Å². The summed E-state index contributed by atoms with van der Waals surface area (Å²) in [5.74, 6) is 0.324. The topological polar surface area (TPSA) is 61.4 Å². The monoisotopic (exact) mass is 277 g/mol. The molecule has 0 aromatic heterocycles. The van der Waals surface area contributed by atoms with Gasteiger partial charge in [-0.1, -0.05) is 27.7 Å². The molecule has 1 saturated heterocycles. The molecule has 1 aliphatic heterocycles. The van der Waals surface area contributed by atoms with Crippen LogP contribution in [0.25, 0.3) is 0 Å². The van der Waals surface area contributed by atoms with Gasteiger partial charge in [-0.05, 0) is 18.8 Å². The lowest BCUT2D eigenvalue weighted by atomic mass is 10.1. The van der Waals surface area contributed by atoms with Crippen LogP contribution >= 0.6 is 0 Å². The molecule has 0 saturated carbocycles. The molecule has 0 amide bonds. The maximum absolute atomic E-state index is 12.3. The molecule has 5 nitrogen and oxygen atoms in total. The number of nitrogens with zero attached hydrogens (tertiary/aromatic N) is 1. The highest BCUT2D eigenvalue weighted by atomic mass is 32.2. The first-order chi connectivity index (χ1) is 8.40. The Morgan fingerprint density at radius 3 is 2.50 bits per heavy atom. The highest BCUT2D eigenvalue weighted by Gasteiger charge is 2.34. The van der Waals surface area contributed by atoms with Gasteiger partial charge in [-0.2, -0.15) is 12.7 Å². The average molecular weight is 277 g/mol.